The second-order valence-electron chi connectivity index (χ2n) is 4.42. The lowest BCUT2D eigenvalue weighted by molar-refractivity contribution is 0.269. The highest BCUT2D eigenvalue weighted by Gasteiger charge is 2.17. The highest BCUT2D eigenvalue weighted by atomic mass is 16.5. The van der Waals surface area contributed by atoms with Crippen LogP contribution in [0, 0.1) is 0 Å². The molecule has 0 radical (unpaired) electrons. The number of aromatic nitrogens is 2. The number of ether oxygens (including phenoxy) is 1. The Bertz CT molecular complexity index is 352. The van der Waals surface area contributed by atoms with Crippen molar-refractivity contribution in [2.24, 2.45) is 0 Å². The molecular formula is C12H20N4O. The summed E-state index contributed by atoms with van der Waals surface area (Å²) in [5, 5.41) is 3.32. The van der Waals surface area contributed by atoms with Crippen LogP contribution >= 0.6 is 0 Å². The van der Waals surface area contributed by atoms with E-state index in [0.29, 0.717) is 11.9 Å². The van der Waals surface area contributed by atoms with Crippen molar-refractivity contribution >= 4 is 5.82 Å². The highest BCUT2D eigenvalue weighted by molar-refractivity contribution is 5.37. The molecule has 1 saturated heterocycles. The summed E-state index contributed by atoms with van der Waals surface area (Å²) in [7, 11) is 1.61. The second-order valence-corrected chi connectivity index (χ2v) is 4.42. The van der Waals surface area contributed by atoms with Gasteiger partial charge in [0.15, 0.2) is 0 Å². The molecule has 1 aliphatic rings. The predicted octanol–water partition coefficient (Wildman–Crippen LogP) is 1.38. The van der Waals surface area contributed by atoms with Crippen LogP contribution in [0.5, 0.6) is 5.88 Å². The minimum atomic E-state index is 0.540. The maximum Gasteiger partial charge on any atom is 0.218 e. The average Bonchev–Trinajstić information content (AvgIpc) is 2.90. The molecule has 0 bridgehead atoms. The van der Waals surface area contributed by atoms with E-state index in [2.05, 4.69) is 27.1 Å². The van der Waals surface area contributed by atoms with Crippen LogP contribution in [0.3, 0.4) is 0 Å². The van der Waals surface area contributed by atoms with Crippen molar-refractivity contribution in [1.82, 2.24) is 14.9 Å². The van der Waals surface area contributed by atoms with Gasteiger partial charge in [0.05, 0.1) is 7.11 Å². The third-order valence-electron chi connectivity index (χ3n) is 3.19. The molecule has 1 N–H and O–H groups in total. The molecule has 17 heavy (non-hydrogen) atoms. The van der Waals surface area contributed by atoms with E-state index < -0.39 is 0 Å². The van der Waals surface area contributed by atoms with E-state index in [1.54, 1.807) is 7.11 Å². The number of anilines is 1. The number of hydrogen-bond acceptors (Lipinski definition) is 5. The van der Waals surface area contributed by atoms with Gasteiger partial charge in [-0.2, -0.15) is 0 Å². The topological polar surface area (TPSA) is 50.3 Å². The summed E-state index contributed by atoms with van der Waals surface area (Å²) in [5.74, 6) is 1.42. The van der Waals surface area contributed by atoms with Gasteiger partial charge in [-0.05, 0) is 32.9 Å². The number of nitrogens with zero attached hydrogens (tertiary/aromatic N) is 3. The predicted molar refractivity (Wildman–Crippen MR) is 67.3 cm³/mol. The second kappa shape index (κ2) is 5.82. The zero-order chi connectivity index (χ0) is 12.1. The van der Waals surface area contributed by atoms with Gasteiger partial charge in [-0.15, -0.1) is 0 Å². The van der Waals surface area contributed by atoms with E-state index in [-0.39, 0.29) is 0 Å². The number of rotatable bonds is 5. The van der Waals surface area contributed by atoms with E-state index >= 15 is 0 Å². The number of hydrogen-bond donors (Lipinski definition) is 1. The first-order chi connectivity index (χ1) is 8.29. The van der Waals surface area contributed by atoms with Crippen molar-refractivity contribution in [1.29, 1.82) is 0 Å². The third-order valence-corrected chi connectivity index (χ3v) is 3.19. The van der Waals surface area contributed by atoms with Gasteiger partial charge in [-0.1, -0.05) is 0 Å². The first-order valence-corrected chi connectivity index (χ1v) is 6.13. The molecular weight excluding hydrogens is 216 g/mol. The van der Waals surface area contributed by atoms with Crippen LogP contribution in [0.4, 0.5) is 5.82 Å². The van der Waals surface area contributed by atoms with E-state index in [1.165, 1.54) is 32.3 Å². The Labute approximate surface area is 102 Å². The zero-order valence-corrected chi connectivity index (χ0v) is 10.5. The molecule has 94 valence electrons. The molecule has 2 rings (SSSR count). The van der Waals surface area contributed by atoms with Crippen molar-refractivity contribution in [3.8, 4) is 5.88 Å². The largest absolute Gasteiger partial charge is 0.481 e. The fraction of sp³-hybridized carbons (Fsp3) is 0.667. The number of methoxy groups -OCH3 is 1. The standard InChI is InChI=1S/C12H20N4O/c1-10(16-5-3-4-6-16)8-13-11-7-12(17-2)15-9-14-11/h7,9-10H,3-6,8H2,1-2H3,(H,13,14,15). The fourth-order valence-corrected chi connectivity index (χ4v) is 2.11. The number of nitrogens with one attached hydrogen (secondary N) is 1. The first kappa shape index (κ1) is 12.1. The molecule has 1 unspecified atom stereocenters. The SMILES string of the molecule is COc1cc(NCC(C)N2CCCC2)ncn1. The molecule has 5 nitrogen and oxygen atoms in total. The molecule has 2 heterocycles. The zero-order valence-electron chi connectivity index (χ0n) is 10.5. The van der Waals surface area contributed by atoms with E-state index in [0.717, 1.165) is 12.4 Å². The molecule has 1 atom stereocenters. The molecule has 0 spiro atoms. The molecule has 0 aliphatic carbocycles. The molecule has 1 aromatic rings. The lowest BCUT2D eigenvalue weighted by Crippen LogP contribution is -2.35. The summed E-state index contributed by atoms with van der Waals surface area (Å²) in [6, 6.07) is 2.36. The third kappa shape index (κ3) is 3.30. The smallest absolute Gasteiger partial charge is 0.218 e. The van der Waals surface area contributed by atoms with Gasteiger partial charge >= 0.3 is 0 Å². The summed E-state index contributed by atoms with van der Waals surface area (Å²) in [5.41, 5.74) is 0. The Morgan fingerprint density at radius 1 is 1.41 bits per heavy atom. The van der Waals surface area contributed by atoms with Crippen LogP contribution in [0.15, 0.2) is 12.4 Å². The molecule has 1 aliphatic heterocycles. The van der Waals surface area contributed by atoms with Gasteiger partial charge in [0.25, 0.3) is 0 Å². The van der Waals surface area contributed by atoms with Crippen molar-refractivity contribution in [3.63, 3.8) is 0 Å². The van der Waals surface area contributed by atoms with E-state index in [9.17, 15) is 0 Å². The van der Waals surface area contributed by atoms with Gasteiger partial charge in [-0.3, -0.25) is 4.90 Å². The van der Waals surface area contributed by atoms with Crippen molar-refractivity contribution in [3.05, 3.63) is 12.4 Å². The Kier molecular flexibility index (Phi) is 4.14. The van der Waals surface area contributed by atoms with Gasteiger partial charge in [0, 0.05) is 18.7 Å². The average molecular weight is 236 g/mol. The molecule has 1 fully saturated rings. The van der Waals surface area contributed by atoms with Crippen molar-refractivity contribution in [2.45, 2.75) is 25.8 Å². The van der Waals surface area contributed by atoms with Crippen LogP contribution in [0.25, 0.3) is 0 Å². The van der Waals surface area contributed by atoms with Gasteiger partial charge in [-0.25, -0.2) is 9.97 Å². The highest BCUT2D eigenvalue weighted by Crippen LogP contribution is 2.13. The van der Waals surface area contributed by atoms with Gasteiger partial charge < -0.3 is 10.1 Å². The monoisotopic (exact) mass is 236 g/mol. The van der Waals surface area contributed by atoms with Crippen LogP contribution in [-0.2, 0) is 0 Å². The van der Waals surface area contributed by atoms with Crippen LogP contribution in [0.2, 0.25) is 0 Å². The summed E-state index contributed by atoms with van der Waals surface area (Å²) < 4.78 is 5.06. The molecule has 0 amide bonds. The van der Waals surface area contributed by atoms with Crippen LogP contribution in [0.1, 0.15) is 19.8 Å². The normalized spacial score (nSPS) is 18.0. The van der Waals surface area contributed by atoms with E-state index in [4.69, 9.17) is 4.74 Å². The molecule has 0 aromatic carbocycles. The molecule has 1 aromatic heterocycles. The van der Waals surface area contributed by atoms with Crippen LogP contribution < -0.4 is 10.1 Å². The lowest BCUT2D eigenvalue weighted by Gasteiger charge is -2.24. The lowest BCUT2D eigenvalue weighted by atomic mass is 10.3. The Hall–Kier alpha value is -1.36. The fourth-order valence-electron chi connectivity index (χ4n) is 2.11. The first-order valence-electron chi connectivity index (χ1n) is 6.13. The minimum Gasteiger partial charge on any atom is -0.481 e. The quantitative estimate of drug-likeness (QED) is 0.837. The summed E-state index contributed by atoms with van der Waals surface area (Å²) in [6.07, 6.45) is 4.17. The summed E-state index contributed by atoms with van der Waals surface area (Å²) >= 11 is 0. The van der Waals surface area contributed by atoms with Crippen molar-refractivity contribution in [2.75, 3.05) is 32.1 Å². The maximum absolute atomic E-state index is 5.06. The summed E-state index contributed by atoms with van der Waals surface area (Å²) in [4.78, 5) is 10.6. The number of likely N-dealkylation sites (tertiary alicyclic amines) is 1. The minimum absolute atomic E-state index is 0.540. The van der Waals surface area contributed by atoms with Gasteiger partial charge in [0.1, 0.15) is 12.1 Å². The Morgan fingerprint density at radius 2 is 2.18 bits per heavy atom. The summed E-state index contributed by atoms with van der Waals surface area (Å²) in [6.45, 7) is 5.59. The molecule has 0 saturated carbocycles. The van der Waals surface area contributed by atoms with Crippen molar-refractivity contribution < 1.29 is 4.74 Å². The van der Waals surface area contributed by atoms with Crippen LogP contribution in [-0.4, -0.2) is 47.7 Å². The van der Waals surface area contributed by atoms with E-state index in [1.807, 2.05) is 6.07 Å². The Morgan fingerprint density at radius 3 is 2.88 bits per heavy atom. The molecule has 5 heteroatoms. The Balaban J connectivity index is 1.83. The van der Waals surface area contributed by atoms with Gasteiger partial charge in [0.2, 0.25) is 5.88 Å². The maximum atomic E-state index is 5.06.